The Kier molecular flexibility index (Phi) is 5.63. The zero-order valence-corrected chi connectivity index (χ0v) is 11.7. The van der Waals surface area contributed by atoms with Crippen LogP contribution in [-0.2, 0) is 11.3 Å². The van der Waals surface area contributed by atoms with Gasteiger partial charge in [-0.25, -0.2) is 9.97 Å². The summed E-state index contributed by atoms with van der Waals surface area (Å²) in [4.78, 5) is 7.76. The fourth-order valence-corrected chi connectivity index (χ4v) is 2.43. The molecule has 0 aromatic carbocycles. The third kappa shape index (κ3) is 4.35. The van der Waals surface area contributed by atoms with Gasteiger partial charge in [0, 0.05) is 18.4 Å². The molecule has 1 aliphatic heterocycles. The molecule has 18 heavy (non-hydrogen) atoms. The minimum absolute atomic E-state index is 0.164. The average molecular weight is 290 g/mol. The van der Waals surface area contributed by atoms with E-state index in [0.717, 1.165) is 37.6 Å². The van der Waals surface area contributed by atoms with Gasteiger partial charge in [0.2, 0.25) is 5.28 Å². The summed E-state index contributed by atoms with van der Waals surface area (Å²) in [5.41, 5.74) is 0.780. The molecule has 0 aliphatic carbocycles. The SMILES string of the molecule is Clc1ncc(COCC[C@H]2CCCNC2)c(Cl)n1. The molecule has 0 amide bonds. The predicted octanol–water partition coefficient (Wildman–Crippen LogP) is 2.69. The molecule has 1 aromatic heterocycles. The summed E-state index contributed by atoms with van der Waals surface area (Å²) in [6, 6.07) is 0. The fourth-order valence-electron chi connectivity index (χ4n) is 2.07. The molecule has 1 fully saturated rings. The van der Waals surface area contributed by atoms with Gasteiger partial charge >= 0.3 is 0 Å². The number of nitrogens with zero attached hydrogens (tertiary/aromatic N) is 2. The number of rotatable bonds is 5. The van der Waals surface area contributed by atoms with Crippen molar-refractivity contribution in [2.24, 2.45) is 5.92 Å². The Morgan fingerprint density at radius 1 is 1.44 bits per heavy atom. The van der Waals surface area contributed by atoms with E-state index in [4.69, 9.17) is 27.9 Å². The van der Waals surface area contributed by atoms with Crippen molar-refractivity contribution < 1.29 is 4.74 Å². The van der Waals surface area contributed by atoms with Crippen molar-refractivity contribution in [3.63, 3.8) is 0 Å². The van der Waals surface area contributed by atoms with E-state index in [2.05, 4.69) is 15.3 Å². The van der Waals surface area contributed by atoms with Crippen LogP contribution in [-0.4, -0.2) is 29.7 Å². The van der Waals surface area contributed by atoms with Crippen molar-refractivity contribution >= 4 is 23.2 Å². The van der Waals surface area contributed by atoms with Crippen LogP contribution in [0, 0.1) is 5.92 Å². The van der Waals surface area contributed by atoms with Gasteiger partial charge in [0.15, 0.2) is 0 Å². The molecule has 0 spiro atoms. The van der Waals surface area contributed by atoms with Gasteiger partial charge < -0.3 is 10.1 Å². The highest BCUT2D eigenvalue weighted by molar-refractivity contribution is 6.32. The van der Waals surface area contributed by atoms with Crippen LogP contribution in [0.5, 0.6) is 0 Å². The van der Waals surface area contributed by atoms with Gasteiger partial charge in [-0.15, -0.1) is 0 Å². The Morgan fingerprint density at radius 2 is 2.33 bits per heavy atom. The lowest BCUT2D eigenvalue weighted by Crippen LogP contribution is -2.30. The van der Waals surface area contributed by atoms with E-state index in [1.54, 1.807) is 6.20 Å². The number of ether oxygens (including phenoxy) is 1. The van der Waals surface area contributed by atoms with E-state index < -0.39 is 0 Å². The molecule has 2 rings (SSSR count). The quantitative estimate of drug-likeness (QED) is 0.514. The maximum absolute atomic E-state index is 5.93. The number of halogens is 2. The van der Waals surface area contributed by atoms with Crippen molar-refractivity contribution in [2.45, 2.75) is 25.9 Å². The van der Waals surface area contributed by atoms with Crippen molar-refractivity contribution in [1.29, 1.82) is 0 Å². The van der Waals surface area contributed by atoms with E-state index in [9.17, 15) is 0 Å². The summed E-state index contributed by atoms with van der Waals surface area (Å²) < 4.78 is 5.61. The van der Waals surface area contributed by atoms with Gasteiger partial charge in [-0.1, -0.05) is 11.6 Å². The molecule has 1 atom stereocenters. The van der Waals surface area contributed by atoms with Gasteiger partial charge in [0.1, 0.15) is 5.15 Å². The minimum atomic E-state index is 0.164. The molecule has 0 radical (unpaired) electrons. The van der Waals surface area contributed by atoms with E-state index in [0.29, 0.717) is 11.8 Å². The maximum Gasteiger partial charge on any atom is 0.223 e. The van der Waals surface area contributed by atoms with Crippen LogP contribution in [0.2, 0.25) is 10.4 Å². The van der Waals surface area contributed by atoms with Gasteiger partial charge in [-0.3, -0.25) is 0 Å². The Hall–Kier alpha value is -0.420. The van der Waals surface area contributed by atoms with Gasteiger partial charge in [0.25, 0.3) is 0 Å². The van der Waals surface area contributed by atoms with Gasteiger partial charge in [-0.05, 0) is 49.9 Å². The van der Waals surface area contributed by atoms with E-state index in [1.165, 1.54) is 12.8 Å². The molecular weight excluding hydrogens is 273 g/mol. The highest BCUT2D eigenvalue weighted by Gasteiger charge is 2.12. The monoisotopic (exact) mass is 289 g/mol. The average Bonchev–Trinajstić information content (AvgIpc) is 2.38. The first kappa shape index (κ1) is 14.0. The Bertz CT molecular complexity index is 384. The number of hydrogen-bond donors (Lipinski definition) is 1. The third-order valence-electron chi connectivity index (χ3n) is 3.11. The van der Waals surface area contributed by atoms with Crippen molar-refractivity contribution in [3.8, 4) is 0 Å². The first-order valence-electron chi connectivity index (χ1n) is 6.21. The largest absolute Gasteiger partial charge is 0.377 e. The van der Waals surface area contributed by atoms with Crippen LogP contribution in [0.4, 0.5) is 0 Å². The molecule has 1 N–H and O–H groups in total. The topological polar surface area (TPSA) is 47.0 Å². The lowest BCUT2D eigenvalue weighted by Gasteiger charge is -2.22. The van der Waals surface area contributed by atoms with Gasteiger partial charge in [-0.2, -0.15) is 0 Å². The number of piperidine rings is 1. The highest BCUT2D eigenvalue weighted by atomic mass is 35.5. The zero-order chi connectivity index (χ0) is 12.8. The van der Waals surface area contributed by atoms with Crippen molar-refractivity contribution in [2.75, 3.05) is 19.7 Å². The number of aromatic nitrogens is 2. The Morgan fingerprint density at radius 3 is 3.06 bits per heavy atom. The standard InChI is InChI=1S/C12H17Cl2N3O/c13-11-10(7-16-12(14)17-11)8-18-5-3-9-2-1-4-15-6-9/h7,9,15H,1-6,8H2/t9-/m1/s1. The summed E-state index contributed by atoms with van der Waals surface area (Å²) in [5, 5.41) is 3.93. The normalized spacial score (nSPS) is 20.0. The number of nitrogens with one attached hydrogen (secondary N) is 1. The molecular formula is C12H17Cl2N3O. The van der Waals surface area contributed by atoms with Crippen LogP contribution in [0.3, 0.4) is 0 Å². The first-order chi connectivity index (χ1) is 8.75. The summed E-state index contributed by atoms with van der Waals surface area (Å²) in [7, 11) is 0. The lowest BCUT2D eigenvalue weighted by atomic mass is 9.97. The maximum atomic E-state index is 5.93. The molecule has 100 valence electrons. The lowest BCUT2D eigenvalue weighted by molar-refractivity contribution is 0.103. The summed E-state index contributed by atoms with van der Waals surface area (Å²) in [6.45, 7) is 3.44. The predicted molar refractivity (Wildman–Crippen MR) is 71.9 cm³/mol. The van der Waals surface area contributed by atoms with Crippen LogP contribution in [0.25, 0.3) is 0 Å². The summed E-state index contributed by atoms with van der Waals surface area (Å²) >= 11 is 11.6. The van der Waals surface area contributed by atoms with Crippen molar-refractivity contribution in [1.82, 2.24) is 15.3 Å². The smallest absolute Gasteiger partial charge is 0.223 e. The first-order valence-corrected chi connectivity index (χ1v) is 6.96. The van der Waals surface area contributed by atoms with E-state index >= 15 is 0 Å². The summed E-state index contributed by atoms with van der Waals surface area (Å²) in [6.07, 6.45) is 5.25. The molecule has 2 heterocycles. The Labute approximate surface area is 117 Å². The van der Waals surface area contributed by atoms with E-state index in [1.807, 2.05) is 0 Å². The fraction of sp³-hybridized carbons (Fsp3) is 0.667. The second-order valence-electron chi connectivity index (χ2n) is 4.51. The van der Waals surface area contributed by atoms with Gasteiger partial charge in [0.05, 0.1) is 6.61 Å². The molecule has 0 saturated carbocycles. The molecule has 4 nitrogen and oxygen atoms in total. The third-order valence-corrected chi connectivity index (χ3v) is 3.62. The van der Waals surface area contributed by atoms with Crippen LogP contribution >= 0.6 is 23.2 Å². The molecule has 1 saturated heterocycles. The van der Waals surface area contributed by atoms with Crippen LogP contribution < -0.4 is 5.32 Å². The molecule has 1 aliphatic rings. The second kappa shape index (κ2) is 7.24. The highest BCUT2D eigenvalue weighted by Crippen LogP contribution is 2.17. The molecule has 1 aromatic rings. The molecule has 6 heteroatoms. The Balaban J connectivity index is 1.68. The molecule has 0 bridgehead atoms. The molecule has 0 unspecified atom stereocenters. The minimum Gasteiger partial charge on any atom is -0.377 e. The van der Waals surface area contributed by atoms with Crippen molar-refractivity contribution in [3.05, 3.63) is 22.2 Å². The zero-order valence-electron chi connectivity index (χ0n) is 10.2. The number of hydrogen-bond acceptors (Lipinski definition) is 4. The second-order valence-corrected chi connectivity index (χ2v) is 5.20. The summed E-state index contributed by atoms with van der Waals surface area (Å²) in [5.74, 6) is 0.732. The van der Waals surface area contributed by atoms with Crippen LogP contribution in [0.1, 0.15) is 24.8 Å². The van der Waals surface area contributed by atoms with E-state index in [-0.39, 0.29) is 5.28 Å². The van der Waals surface area contributed by atoms with Crippen LogP contribution in [0.15, 0.2) is 6.20 Å².